The van der Waals surface area contributed by atoms with E-state index in [-0.39, 0.29) is 11.8 Å². The van der Waals surface area contributed by atoms with E-state index in [4.69, 9.17) is 15.2 Å². The number of rotatable bonds is 7. The van der Waals surface area contributed by atoms with Crippen molar-refractivity contribution in [2.75, 3.05) is 25.6 Å². The van der Waals surface area contributed by atoms with Crippen molar-refractivity contribution in [1.29, 1.82) is 0 Å². The number of aromatic nitrogens is 1. The molecule has 0 aromatic carbocycles. The Balaban J connectivity index is 2.50. The standard InChI is InChI=1S/C13H21N3O3/c1-9(2)12(14)13(17)16-10-4-5-11(15-8-10)19-7-6-18-3/h4-5,8-9,12H,6-7,14H2,1-3H3,(H,16,17). The van der Waals surface area contributed by atoms with Gasteiger partial charge in [-0.15, -0.1) is 0 Å². The predicted octanol–water partition coefficient (Wildman–Crippen LogP) is 1.03. The summed E-state index contributed by atoms with van der Waals surface area (Å²) < 4.78 is 10.2. The average molecular weight is 267 g/mol. The molecule has 0 spiro atoms. The highest BCUT2D eigenvalue weighted by atomic mass is 16.5. The molecule has 0 aliphatic carbocycles. The number of amides is 1. The van der Waals surface area contributed by atoms with Gasteiger partial charge in [-0.2, -0.15) is 0 Å². The van der Waals surface area contributed by atoms with Gasteiger partial charge in [0, 0.05) is 13.2 Å². The van der Waals surface area contributed by atoms with Gasteiger partial charge in [0.1, 0.15) is 6.61 Å². The van der Waals surface area contributed by atoms with Crippen molar-refractivity contribution in [2.45, 2.75) is 19.9 Å². The van der Waals surface area contributed by atoms with E-state index in [9.17, 15) is 4.79 Å². The first-order chi connectivity index (χ1) is 9.04. The Kier molecular flexibility index (Phi) is 6.24. The first kappa shape index (κ1) is 15.4. The van der Waals surface area contributed by atoms with Gasteiger partial charge in [0.25, 0.3) is 0 Å². The Morgan fingerprint density at radius 2 is 2.16 bits per heavy atom. The first-order valence-electron chi connectivity index (χ1n) is 6.19. The van der Waals surface area contributed by atoms with Gasteiger partial charge in [-0.05, 0) is 12.0 Å². The third kappa shape index (κ3) is 5.23. The van der Waals surface area contributed by atoms with Crippen molar-refractivity contribution >= 4 is 11.6 Å². The number of hydrogen-bond acceptors (Lipinski definition) is 5. The lowest BCUT2D eigenvalue weighted by Gasteiger charge is -2.15. The topological polar surface area (TPSA) is 86.5 Å². The smallest absolute Gasteiger partial charge is 0.241 e. The minimum atomic E-state index is -0.530. The lowest BCUT2D eigenvalue weighted by molar-refractivity contribution is -0.118. The van der Waals surface area contributed by atoms with Crippen molar-refractivity contribution < 1.29 is 14.3 Å². The maximum absolute atomic E-state index is 11.7. The zero-order valence-electron chi connectivity index (χ0n) is 11.6. The lowest BCUT2D eigenvalue weighted by atomic mass is 10.1. The average Bonchev–Trinajstić information content (AvgIpc) is 2.40. The van der Waals surface area contributed by atoms with Gasteiger partial charge in [-0.25, -0.2) is 4.98 Å². The number of hydrogen-bond donors (Lipinski definition) is 2. The third-order valence-corrected chi connectivity index (χ3v) is 2.56. The largest absolute Gasteiger partial charge is 0.475 e. The van der Waals surface area contributed by atoms with Crippen LogP contribution in [-0.4, -0.2) is 37.3 Å². The van der Waals surface area contributed by atoms with E-state index in [0.717, 1.165) is 0 Å². The van der Waals surface area contributed by atoms with E-state index in [1.165, 1.54) is 6.20 Å². The number of ether oxygens (including phenoxy) is 2. The highest BCUT2D eigenvalue weighted by Crippen LogP contribution is 2.12. The van der Waals surface area contributed by atoms with Crippen LogP contribution in [0, 0.1) is 5.92 Å². The predicted molar refractivity (Wildman–Crippen MR) is 73.1 cm³/mol. The Bertz CT molecular complexity index is 393. The van der Waals surface area contributed by atoms with Crippen LogP contribution in [0.3, 0.4) is 0 Å². The fraction of sp³-hybridized carbons (Fsp3) is 0.538. The molecular weight excluding hydrogens is 246 g/mol. The van der Waals surface area contributed by atoms with E-state index >= 15 is 0 Å². The minimum Gasteiger partial charge on any atom is -0.475 e. The van der Waals surface area contributed by atoms with Crippen molar-refractivity contribution in [1.82, 2.24) is 4.98 Å². The normalized spacial score (nSPS) is 12.3. The van der Waals surface area contributed by atoms with Gasteiger partial charge >= 0.3 is 0 Å². The molecule has 1 unspecified atom stereocenters. The summed E-state index contributed by atoms with van der Waals surface area (Å²) in [7, 11) is 1.60. The van der Waals surface area contributed by atoms with Crippen LogP contribution in [0.15, 0.2) is 18.3 Å². The summed E-state index contributed by atoms with van der Waals surface area (Å²) in [6.07, 6.45) is 1.53. The van der Waals surface area contributed by atoms with Gasteiger partial charge in [-0.1, -0.05) is 13.8 Å². The molecule has 1 aromatic heterocycles. The van der Waals surface area contributed by atoms with Crippen LogP contribution in [0.5, 0.6) is 5.88 Å². The van der Waals surface area contributed by atoms with Crippen LogP contribution in [0.1, 0.15) is 13.8 Å². The van der Waals surface area contributed by atoms with Crippen LogP contribution in [0.4, 0.5) is 5.69 Å². The molecule has 106 valence electrons. The zero-order chi connectivity index (χ0) is 14.3. The summed E-state index contributed by atoms with van der Waals surface area (Å²) >= 11 is 0. The Hall–Kier alpha value is -1.66. The van der Waals surface area contributed by atoms with E-state index in [0.29, 0.717) is 24.8 Å². The molecule has 0 aliphatic heterocycles. The quantitative estimate of drug-likeness (QED) is 0.720. The van der Waals surface area contributed by atoms with Gasteiger partial charge in [0.05, 0.1) is 24.5 Å². The molecule has 0 bridgehead atoms. The second kappa shape index (κ2) is 7.70. The number of nitrogens with two attached hydrogens (primary N) is 1. The highest BCUT2D eigenvalue weighted by Gasteiger charge is 2.17. The SMILES string of the molecule is COCCOc1ccc(NC(=O)C(N)C(C)C)cn1. The molecule has 0 saturated heterocycles. The van der Waals surface area contributed by atoms with Crippen LogP contribution in [0.25, 0.3) is 0 Å². The number of methoxy groups -OCH3 is 1. The van der Waals surface area contributed by atoms with E-state index in [1.807, 2.05) is 13.8 Å². The van der Waals surface area contributed by atoms with Crippen LogP contribution in [-0.2, 0) is 9.53 Å². The number of nitrogens with zero attached hydrogens (tertiary/aromatic N) is 1. The van der Waals surface area contributed by atoms with Gasteiger partial charge < -0.3 is 20.5 Å². The van der Waals surface area contributed by atoms with Crippen molar-refractivity contribution in [3.8, 4) is 5.88 Å². The summed E-state index contributed by atoms with van der Waals surface area (Å²) in [6.45, 7) is 4.74. The molecule has 6 heteroatoms. The Morgan fingerprint density at radius 1 is 1.42 bits per heavy atom. The van der Waals surface area contributed by atoms with Gasteiger partial charge in [0.2, 0.25) is 11.8 Å². The molecule has 0 saturated carbocycles. The van der Waals surface area contributed by atoms with Crippen molar-refractivity contribution in [3.05, 3.63) is 18.3 Å². The molecule has 1 atom stereocenters. The summed E-state index contributed by atoms with van der Waals surface area (Å²) in [6, 6.07) is 2.88. The Labute approximate surface area is 113 Å². The minimum absolute atomic E-state index is 0.0876. The monoisotopic (exact) mass is 267 g/mol. The summed E-state index contributed by atoms with van der Waals surface area (Å²) in [5, 5.41) is 2.71. The fourth-order valence-electron chi connectivity index (χ4n) is 1.30. The summed E-state index contributed by atoms with van der Waals surface area (Å²) in [5.74, 6) is 0.359. The Morgan fingerprint density at radius 3 is 2.68 bits per heavy atom. The van der Waals surface area contributed by atoms with Crippen molar-refractivity contribution in [2.24, 2.45) is 11.7 Å². The second-order valence-electron chi connectivity index (χ2n) is 4.49. The molecule has 1 rings (SSSR count). The molecule has 3 N–H and O–H groups in total. The maximum atomic E-state index is 11.7. The fourth-order valence-corrected chi connectivity index (χ4v) is 1.30. The molecule has 1 aromatic rings. The molecular formula is C13H21N3O3. The lowest BCUT2D eigenvalue weighted by Crippen LogP contribution is -2.39. The number of anilines is 1. The van der Waals surface area contributed by atoms with Gasteiger partial charge in [0.15, 0.2) is 0 Å². The van der Waals surface area contributed by atoms with Crippen LogP contribution in [0.2, 0.25) is 0 Å². The third-order valence-electron chi connectivity index (χ3n) is 2.56. The number of carbonyl (C=O) groups is 1. The number of pyridine rings is 1. The molecule has 19 heavy (non-hydrogen) atoms. The highest BCUT2D eigenvalue weighted by molar-refractivity contribution is 5.94. The zero-order valence-corrected chi connectivity index (χ0v) is 11.6. The van der Waals surface area contributed by atoms with Gasteiger partial charge in [-0.3, -0.25) is 4.79 Å². The summed E-state index contributed by atoms with van der Waals surface area (Å²) in [5.41, 5.74) is 6.35. The first-order valence-corrected chi connectivity index (χ1v) is 6.19. The molecule has 0 radical (unpaired) electrons. The molecule has 0 aliphatic rings. The number of nitrogens with one attached hydrogen (secondary N) is 1. The van der Waals surface area contributed by atoms with Crippen molar-refractivity contribution in [3.63, 3.8) is 0 Å². The van der Waals surface area contributed by atoms with E-state index in [2.05, 4.69) is 10.3 Å². The number of carbonyl (C=O) groups excluding carboxylic acids is 1. The second-order valence-corrected chi connectivity index (χ2v) is 4.49. The molecule has 0 fully saturated rings. The van der Waals surface area contributed by atoms with E-state index in [1.54, 1.807) is 19.2 Å². The summed E-state index contributed by atoms with van der Waals surface area (Å²) in [4.78, 5) is 15.8. The maximum Gasteiger partial charge on any atom is 0.241 e. The van der Waals surface area contributed by atoms with Crippen LogP contribution >= 0.6 is 0 Å². The molecule has 1 heterocycles. The van der Waals surface area contributed by atoms with Crippen LogP contribution < -0.4 is 15.8 Å². The van der Waals surface area contributed by atoms with E-state index < -0.39 is 6.04 Å². The molecule has 6 nitrogen and oxygen atoms in total. The molecule has 1 amide bonds.